The molecule has 0 unspecified atom stereocenters. The van der Waals surface area contributed by atoms with Crippen molar-refractivity contribution >= 4 is 26.4 Å². The smallest absolute Gasteiger partial charge is 0.270 e. The topological polar surface area (TPSA) is 136 Å². The molecule has 0 spiro atoms. The fraction of sp³-hybridized carbons (Fsp3) is 0.375. The van der Waals surface area contributed by atoms with E-state index >= 15 is 0 Å². The van der Waals surface area contributed by atoms with E-state index in [-0.39, 0.29) is 5.56 Å². The molecule has 0 radical (unpaired) electrons. The van der Waals surface area contributed by atoms with Gasteiger partial charge in [0.05, 0.1) is 19.1 Å². The van der Waals surface area contributed by atoms with Gasteiger partial charge in [0.2, 0.25) is 0 Å². The Morgan fingerprint density at radius 1 is 1.11 bits per heavy atom. The van der Waals surface area contributed by atoms with E-state index in [9.17, 15) is 21.6 Å². The van der Waals surface area contributed by atoms with Gasteiger partial charge in [-0.3, -0.25) is 18.6 Å². The summed E-state index contributed by atoms with van der Waals surface area (Å²) in [5.74, 6) is 0. The summed E-state index contributed by atoms with van der Waals surface area (Å²) in [6.07, 6.45) is 6.94. The third-order valence-corrected chi connectivity index (χ3v) is 1.43. The van der Waals surface area contributed by atoms with Crippen LogP contribution in [0.2, 0.25) is 0 Å². The summed E-state index contributed by atoms with van der Waals surface area (Å²) < 4.78 is 55.2. The van der Waals surface area contributed by atoms with E-state index in [0.29, 0.717) is 12.5 Å². The van der Waals surface area contributed by atoms with Crippen LogP contribution in [0.1, 0.15) is 0 Å². The van der Waals surface area contributed by atoms with Crippen LogP contribution in [0.3, 0.4) is 0 Å². The van der Waals surface area contributed by atoms with Gasteiger partial charge in [0.25, 0.3) is 25.8 Å². The van der Waals surface area contributed by atoms with E-state index in [1.165, 1.54) is 0 Å². The summed E-state index contributed by atoms with van der Waals surface area (Å²) in [4.78, 5) is 10.8. The Morgan fingerprint density at radius 3 is 1.89 bits per heavy atom. The van der Waals surface area contributed by atoms with Gasteiger partial charge in [0.15, 0.2) is 0 Å². The molecule has 2 rings (SSSR count). The second kappa shape index (κ2) is 6.65. The minimum absolute atomic E-state index is 0.0451. The highest BCUT2D eigenvalue weighted by Crippen LogP contribution is 1.96. The first kappa shape index (κ1) is 17.6. The first-order valence-corrected chi connectivity index (χ1v) is 8.37. The van der Waals surface area contributed by atoms with Crippen molar-refractivity contribution in [1.29, 1.82) is 0 Å². The zero-order valence-corrected chi connectivity index (χ0v) is 11.8. The Morgan fingerprint density at radius 2 is 1.53 bits per heavy atom. The maximum atomic E-state index is 10.8. The molecule has 0 fully saturated rings. The Kier molecular flexibility index (Phi) is 6.15. The number of nitrogens with zero attached hydrogens (tertiary/aromatic N) is 2. The van der Waals surface area contributed by atoms with E-state index in [0.717, 1.165) is 6.54 Å². The molecule has 1 aromatic rings. The van der Waals surface area contributed by atoms with Crippen LogP contribution >= 0.6 is 0 Å². The lowest BCUT2D eigenvalue weighted by Crippen LogP contribution is -2.12. The van der Waals surface area contributed by atoms with Gasteiger partial charge >= 0.3 is 0 Å². The lowest BCUT2D eigenvalue weighted by molar-refractivity contribution is 0.488. The maximum Gasteiger partial charge on any atom is 0.270 e. The molecule has 0 amide bonds. The Hall–Kier alpha value is -1.43. The van der Waals surface area contributed by atoms with Crippen molar-refractivity contribution in [2.24, 2.45) is 0 Å². The summed E-state index contributed by atoms with van der Waals surface area (Å²) in [6.45, 7) is 0.822. The van der Waals surface area contributed by atoms with Crippen LogP contribution in [0.4, 0.5) is 0 Å². The van der Waals surface area contributed by atoms with Crippen LogP contribution in [-0.2, 0) is 26.8 Å². The summed E-state index contributed by atoms with van der Waals surface area (Å²) >= 11 is 0. The van der Waals surface area contributed by atoms with Crippen molar-refractivity contribution in [3.8, 4) is 0 Å². The van der Waals surface area contributed by atoms with Gasteiger partial charge in [0.1, 0.15) is 0 Å². The van der Waals surface area contributed by atoms with Gasteiger partial charge < -0.3 is 0 Å². The van der Waals surface area contributed by atoms with Gasteiger partial charge in [-0.2, -0.15) is 16.8 Å². The Labute approximate surface area is 110 Å². The molecule has 0 aromatic carbocycles. The fourth-order valence-corrected chi connectivity index (χ4v) is 0.987. The number of fused-ring (bicyclic) bond motifs is 1. The van der Waals surface area contributed by atoms with E-state index in [4.69, 9.17) is 9.11 Å². The molecule has 1 aliphatic rings. The summed E-state index contributed by atoms with van der Waals surface area (Å²) in [5, 5.41) is 0. The third-order valence-electron chi connectivity index (χ3n) is 1.43. The van der Waals surface area contributed by atoms with Crippen LogP contribution in [0.25, 0.3) is 6.20 Å². The number of allylic oxidation sites excluding steroid dienone is 1. The van der Waals surface area contributed by atoms with Crippen molar-refractivity contribution in [3.63, 3.8) is 0 Å². The van der Waals surface area contributed by atoms with Crippen LogP contribution in [0, 0.1) is 0 Å². The number of hydrogen-bond donors (Lipinski definition) is 2. The second-order valence-electron chi connectivity index (χ2n) is 3.47. The molecule has 19 heavy (non-hydrogen) atoms. The molecule has 0 saturated carbocycles. The first-order valence-electron chi connectivity index (χ1n) is 4.67. The van der Waals surface area contributed by atoms with Crippen molar-refractivity contribution in [2.75, 3.05) is 12.5 Å². The lowest BCUT2D eigenvalue weighted by atomic mass is 10.6. The van der Waals surface area contributed by atoms with Crippen molar-refractivity contribution in [1.82, 2.24) is 9.36 Å². The maximum absolute atomic E-state index is 10.8. The number of rotatable bonds is 0. The van der Waals surface area contributed by atoms with Crippen LogP contribution in [0.5, 0.6) is 0 Å². The zero-order valence-electron chi connectivity index (χ0n) is 10.2. The molecule has 9 nitrogen and oxygen atoms in total. The summed E-state index contributed by atoms with van der Waals surface area (Å²) in [6, 6.07) is 1.56. The number of aromatic nitrogens is 2. The second-order valence-corrected chi connectivity index (χ2v) is 6.40. The molecule has 0 saturated heterocycles. The molecule has 0 aliphatic carbocycles. The van der Waals surface area contributed by atoms with E-state index in [1.807, 2.05) is 10.8 Å². The standard InChI is InChI=1S/C6H6N2O.2CH4O3S/c9-6-2-5-7-3-1-4-8(6)7;2*1-5(2,3)4/h1-2,4-5H,3H2;2*1H3,(H,2,3,4). The highest BCUT2D eigenvalue weighted by atomic mass is 32.2. The first-order chi connectivity index (χ1) is 8.38. The molecular formula is C8H14N2O7S2. The average Bonchev–Trinajstić information content (AvgIpc) is 2.65. The van der Waals surface area contributed by atoms with Crippen molar-refractivity contribution in [2.45, 2.75) is 6.54 Å². The monoisotopic (exact) mass is 314 g/mol. The minimum atomic E-state index is -3.67. The Balaban J connectivity index is 0.000000283. The normalized spacial score (nSPS) is 12.8. The summed E-state index contributed by atoms with van der Waals surface area (Å²) in [7, 11) is -7.33. The molecule has 0 atom stereocenters. The van der Waals surface area contributed by atoms with Gasteiger partial charge in [-0.1, -0.05) is 0 Å². The molecule has 1 aliphatic heterocycles. The molecular weight excluding hydrogens is 300 g/mol. The average molecular weight is 314 g/mol. The molecule has 11 heteroatoms. The Bertz CT molecular complexity index is 648. The molecule has 110 valence electrons. The molecule has 1 aromatic heterocycles. The van der Waals surface area contributed by atoms with Gasteiger partial charge in [-0.05, 0) is 6.08 Å². The fourth-order valence-electron chi connectivity index (χ4n) is 0.987. The van der Waals surface area contributed by atoms with Crippen LogP contribution in [0.15, 0.2) is 23.1 Å². The van der Waals surface area contributed by atoms with E-state index < -0.39 is 20.2 Å². The van der Waals surface area contributed by atoms with Crippen molar-refractivity contribution < 1.29 is 25.9 Å². The highest BCUT2D eigenvalue weighted by molar-refractivity contribution is 7.85. The van der Waals surface area contributed by atoms with Crippen molar-refractivity contribution in [3.05, 3.63) is 28.7 Å². The molecule has 0 bridgehead atoms. The minimum Gasteiger partial charge on any atom is -0.286 e. The largest absolute Gasteiger partial charge is 0.286 e. The van der Waals surface area contributed by atoms with Gasteiger partial charge in [0, 0.05) is 18.5 Å². The predicted octanol–water partition coefficient (Wildman–Crippen LogP) is -0.858. The van der Waals surface area contributed by atoms with E-state index in [2.05, 4.69) is 0 Å². The third kappa shape index (κ3) is 11.4. The van der Waals surface area contributed by atoms with Gasteiger partial charge in [-0.15, -0.1) is 0 Å². The molecule has 2 N–H and O–H groups in total. The van der Waals surface area contributed by atoms with Crippen LogP contribution < -0.4 is 5.56 Å². The number of hydrogen-bond acceptors (Lipinski definition) is 5. The SMILES string of the molecule is CS(=O)(=O)O.CS(=O)(=O)O.O=c1ccn2n1C=CC2. The quantitative estimate of drug-likeness (QED) is 0.595. The van der Waals surface area contributed by atoms with E-state index in [1.54, 1.807) is 23.1 Å². The molecule has 2 heterocycles. The van der Waals surface area contributed by atoms with Crippen LogP contribution in [-0.4, -0.2) is 47.8 Å². The predicted molar refractivity (Wildman–Crippen MR) is 69.0 cm³/mol. The lowest BCUT2D eigenvalue weighted by Gasteiger charge is -1.93. The zero-order chi connectivity index (χ0) is 15.3. The van der Waals surface area contributed by atoms with Gasteiger partial charge in [-0.25, -0.2) is 4.68 Å². The highest BCUT2D eigenvalue weighted by Gasteiger charge is 2.01. The summed E-state index contributed by atoms with van der Waals surface area (Å²) in [5.41, 5.74) is 0.0451.